The van der Waals surface area contributed by atoms with Crippen molar-refractivity contribution in [2.45, 2.75) is 38.7 Å². The Labute approximate surface area is 92.1 Å². The number of rotatable bonds is 5. The zero-order valence-electron chi connectivity index (χ0n) is 9.61. The standard InChI is InChI=1S/C13H21NO/c1-3-11-4-6-12(7-5-11)13(9-14)8-10(2)15/h4-7,10,13,15H,3,8-9,14H2,1-2H3. The second kappa shape index (κ2) is 5.89. The molecule has 3 N–H and O–H groups in total. The average Bonchev–Trinajstić information content (AvgIpc) is 2.26. The van der Waals surface area contributed by atoms with E-state index < -0.39 is 0 Å². The first kappa shape index (κ1) is 12.2. The van der Waals surface area contributed by atoms with Gasteiger partial charge in [-0.3, -0.25) is 0 Å². The van der Waals surface area contributed by atoms with Crippen LogP contribution in [0.4, 0.5) is 0 Å². The number of aryl methyl sites for hydroxylation is 1. The van der Waals surface area contributed by atoms with Gasteiger partial charge in [0.05, 0.1) is 6.10 Å². The molecule has 0 spiro atoms. The fourth-order valence-electron chi connectivity index (χ4n) is 1.81. The summed E-state index contributed by atoms with van der Waals surface area (Å²) in [7, 11) is 0. The van der Waals surface area contributed by atoms with E-state index in [4.69, 9.17) is 5.73 Å². The van der Waals surface area contributed by atoms with Crippen molar-refractivity contribution < 1.29 is 5.11 Å². The number of aliphatic hydroxyl groups is 1. The van der Waals surface area contributed by atoms with Crippen molar-refractivity contribution in [3.63, 3.8) is 0 Å². The van der Waals surface area contributed by atoms with Crippen molar-refractivity contribution in [2.24, 2.45) is 5.73 Å². The molecule has 0 radical (unpaired) electrons. The molecule has 0 aromatic heterocycles. The number of nitrogens with two attached hydrogens (primary N) is 1. The van der Waals surface area contributed by atoms with Gasteiger partial charge in [0, 0.05) is 0 Å². The number of hydrogen-bond acceptors (Lipinski definition) is 2. The fraction of sp³-hybridized carbons (Fsp3) is 0.538. The predicted molar refractivity (Wildman–Crippen MR) is 63.9 cm³/mol. The first-order valence-corrected chi connectivity index (χ1v) is 5.64. The van der Waals surface area contributed by atoms with Gasteiger partial charge >= 0.3 is 0 Å². The van der Waals surface area contributed by atoms with Crippen molar-refractivity contribution in [2.75, 3.05) is 6.54 Å². The Morgan fingerprint density at radius 3 is 2.27 bits per heavy atom. The Morgan fingerprint density at radius 1 is 1.27 bits per heavy atom. The van der Waals surface area contributed by atoms with Crippen LogP contribution in [0.15, 0.2) is 24.3 Å². The summed E-state index contributed by atoms with van der Waals surface area (Å²) in [4.78, 5) is 0. The third-order valence-electron chi connectivity index (χ3n) is 2.77. The van der Waals surface area contributed by atoms with E-state index in [-0.39, 0.29) is 12.0 Å². The highest BCUT2D eigenvalue weighted by Crippen LogP contribution is 2.20. The van der Waals surface area contributed by atoms with E-state index in [0.29, 0.717) is 6.54 Å². The molecule has 0 fully saturated rings. The van der Waals surface area contributed by atoms with Crippen LogP contribution in [0.1, 0.15) is 37.3 Å². The molecule has 0 aliphatic heterocycles. The quantitative estimate of drug-likeness (QED) is 0.776. The van der Waals surface area contributed by atoms with E-state index in [9.17, 15) is 5.11 Å². The summed E-state index contributed by atoms with van der Waals surface area (Å²) in [6, 6.07) is 8.53. The topological polar surface area (TPSA) is 46.2 Å². The summed E-state index contributed by atoms with van der Waals surface area (Å²) >= 11 is 0. The van der Waals surface area contributed by atoms with Crippen LogP contribution in [0, 0.1) is 0 Å². The second-order valence-electron chi connectivity index (χ2n) is 4.11. The summed E-state index contributed by atoms with van der Waals surface area (Å²) < 4.78 is 0. The van der Waals surface area contributed by atoms with Gasteiger partial charge < -0.3 is 10.8 Å². The molecule has 1 aromatic rings. The Bertz CT molecular complexity index is 279. The minimum atomic E-state index is -0.288. The SMILES string of the molecule is CCc1ccc(C(CN)CC(C)O)cc1. The zero-order chi connectivity index (χ0) is 11.3. The molecular weight excluding hydrogens is 186 g/mol. The van der Waals surface area contributed by atoms with Crippen LogP contribution in [-0.4, -0.2) is 17.8 Å². The highest BCUT2D eigenvalue weighted by atomic mass is 16.3. The molecule has 0 bridgehead atoms. The van der Waals surface area contributed by atoms with Crippen LogP contribution < -0.4 is 5.73 Å². The minimum absolute atomic E-state index is 0.274. The van der Waals surface area contributed by atoms with Crippen molar-refractivity contribution in [1.29, 1.82) is 0 Å². The monoisotopic (exact) mass is 207 g/mol. The van der Waals surface area contributed by atoms with Crippen LogP contribution >= 0.6 is 0 Å². The lowest BCUT2D eigenvalue weighted by Crippen LogP contribution is -2.17. The molecular formula is C13H21NO. The summed E-state index contributed by atoms with van der Waals surface area (Å²) in [5.74, 6) is 0.274. The maximum Gasteiger partial charge on any atom is 0.0518 e. The molecule has 0 aliphatic rings. The summed E-state index contributed by atoms with van der Waals surface area (Å²) in [5, 5.41) is 9.36. The van der Waals surface area contributed by atoms with Gasteiger partial charge in [-0.05, 0) is 43.4 Å². The summed E-state index contributed by atoms with van der Waals surface area (Å²) in [6.45, 7) is 4.55. The maximum atomic E-state index is 9.36. The van der Waals surface area contributed by atoms with E-state index in [1.807, 2.05) is 6.92 Å². The molecule has 2 heteroatoms. The van der Waals surface area contributed by atoms with Gasteiger partial charge in [-0.15, -0.1) is 0 Å². The van der Waals surface area contributed by atoms with E-state index in [0.717, 1.165) is 12.8 Å². The van der Waals surface area contributed by atoms with Crippen molar-refractivity contribution in [1.82, 2.24) is 0 Å². The Balaban J connectivity index is 2.74. The smallest absolute Gasteiger partial charge is 0.0518 e. The van der Waals surface area contributed by atoms with Crippen molar-refractivity contribution >= 4 is 0 Å². The van der Waals surface area contributed by atoms with E-state index in [1.165, 1.54) is 11.1 Å². The van der Waals surface area contributed by atoms with Crippen LogP contribution in [0.25, 0.3) is 0 Å². The first-order valence-electron chi connectivity index (χ1n) is 5.64. The Morgan fingerprint density at radius 2 is 1.87 bits per heavy atom. The van der Waals surface area contributed by atoms with Crippen molar-refractivity contribution in [3.8, 4) is 0 Å². The Hall–Kier alpha value is -0.860. The molecule has 0 heterocycles. The molecule has 1 aromatic carbocycles. The molecule has 1 rings (SSSR count). The second-order valence-corrected chi connectivity index (χ2v) is 4.11. The van der Waals surface area contributed by atoms with Gasteiger partial charge in [0.15, 0.2) is 0 Å². The minimum Gasteiger partial charge on any atom is -0.393 e. The molecule has 15 heavy (non-hydrogen) atoms. The fourth-order valence-corrected chi connectivity index (χ4v) is 1.81. The third kappa shape index (κ3) is 3.65. The summed E-state index contributed by atoms with van der Waals surface area (Å²) in [6.07, 6.45) is 1.51. The molecule has 2 atom stereocenters. The molecule has 2 nitrogen and oxygen atoms in total. The van der Waals surface area contributed by atoms with Gasteiger partial charge in [0.2, 0.25) is 0 Å². The van der Waals surface area contributed by atoms with Gasteiger partial charge in [-0.1, -0.05) is 31.2 Å². The van der Waals surface area contributed by atoms with Gasteiger partial charge in [0.1, 0.15) is 0 Å². The zero-order valence-corrected chi connectivity index (χ0v) is 9.61. The van der Waals surface area contributed by atoms with Crippen LogP contribution in [0.2, 0.25) is 0 Å². The van der Waals surface area contributed by atoms with Gasteiger partial charge in [-0.2, -0.15) is 0 Å². The van der Waals surface area contributed by atoms with E-state index in [2.05, 4.69) is 31.2 Å². The lowest BCUT2D eigenvalue weighted by atomic mass is 9.93. The van der Waals surface area contributed by atoms with Crippen LogP contribution in [0.3, 0.4) is 0 Å². The van der Waals surface area contributed by atoms with E-state index in [1.54, 1.807) is 0 Å². The normalized spacial score (nSPS) is 14.9. The third-order valence-corrected chi connectivity index (χ3v) is 2.77. The van der Waals surface area contributed by atoms with E-state index >= 15 is 0 Å². The number of aliphatic hydroxyl groups excluding tert-OH is 1. The molecule has 84 valence electrons. The maximum absolute atomic E-state index is 9.36. The van der Waals surface area contributed by atoms with Gasteiger partial charge in [-0.25, -0.2) is 0 Å². The van der Waals surface area contributed by atoms with Crippen molar-refractivity contribution in [3.05, 3.63) is 35.4 Å². The Kier molecular flexibility index (Phi) is 4.79. The highest BCUT2D eigenvalue weighted by molar-refractivity contribution is 5.25. The molecule has 0 saturated heterocycles. The molecule has 2 unspecified atom stereocenters. The molecule has 0 saturated carbocycles. The first-order chi connectivity index (χ1) is 7.17. The van der Waals surface area contributed by atoms with Gasteiger partial charge in [0.25, 0.3) is 0 Å². The molecule has 0 aliphatic carbocycles. The predicted octanol–water partition coefficient (Wildman–Crippen LogP) is 2.06. The largest absolute Gasteiger partial charge is 0.393 e. The molecule has 0 amide bonds. The lowest BCUT2D eigenvalue weighted by molar-refractivity contribution is 0.175. The highest BCUT2D eigenvalue weighted by Gasteiger charge is 2.12. The summed E-state index contributed by atoms with van der Waals surface area (Å²) in [5.41, 5.74) is 8.28. The average molecular weight is 207 g/mol. The lowest BCUT2D eigenvalue weighted by Gasteiger charge is -2.17. The van der Waals surface area contributed by atoms with Crippen LogP contribution in [-0.2, 0) is 6.42 Å². The van der Waals surface area contributed by atoms with Crippen LogP contribution in [0.5, 0.6) is 0 Å². The number of benzene rings is 1. The number of hydrogen-bond donors (Lipinski definition) is 2.